The van der Waals surface area contributed by atoms with Gasteiger partial charge in [0.2, 0.25) is 10.0 Å². The van der Waals surface area contributed by atoms with Crippen LogP contribution in [0.25, 0.3) is 0 Å². The van der Waals surface area contributed by atoms with Crippen molar-refractivity contribution in [1.29, 1.82) is 0 Å². The van der Waals surface area contributed by atoms with E-state index in [1.54, 1.807) is 17.0 Å². The molecule has 1 aromatic rings. The van der Waals surface area contributed by atoms with Crippen LogP contribution in [0.5, 0.6) is 0 Å². The van der Waals surface area contributed by atoms with Crippen LogP contribution in [0.2, 0.25) is 0 Å². The van der Waals surface area contributed by atoms with E-state index in [9.17, 15) is 13.2 Å². The van der Waals surface area contributed by atoms with Crippen LogP contribution in [0, 0.1) is 5.92 Å². The van der Waals surface area contributed by atoms with Gasteiger partial charge in [-0.05, 0) is 43.0 Å². The number of sulfonamides is 1. The number of amides is 2. The van der Waals surface area contributed by atoms with E-state index >= 15 is 0 Å². The second kappa shape index (κ2) is 7.53. The lowest BCUT2D eigenvalue weighted by Gasteiger charge is -2.34. The van der Waals surface area contributed by atoms with Crippen molar-refractivity contribution in [2.45, 2.75) is 43.5 Å². The Morgan fingerprint density at radius 2 is 1.75 bits per heavy atom. The number of carbonyl (C=O) groups excluding carboxylic acids is 1. The van der Waals surface area contributed by atoms with E-state index < -0.39 is 10.0 Å². The predicted octanol–water partition coefficient (Wildman–Crippen LogP) is 2.98. The van der Waals surface area contributed by atoms with Gasteiger partial charge in [0.1, 0.15) is 0 Å². The van der Waals surface area contributed by atoms with Gasteiger partial charge in [-0.1, -0.05) is 19.8 Å². The smallest absolute Gasteiger partial charge is 0.321 e. The van der Waals surface area contributed by atoms with Crippen LogP contribution in [0.3, 0.4) is 0 Å². The zero-order chi connectivity index (χ0) is 17.9. The average Bonchev–Trinajstić information content (AvgIpc) is 2.54. The van der Waals surface area contributed by atoms with Crippen LogP contribution in [0.4, 0.5) is 10.5 Å². The van der Waals surface area contributed by atoms with Crippen molar-refractivity contribution in [3.63, 3.8) is 0 Å². The Kier molecular flexibility index (Phi) is 5.87. The molecule has 1 aliphatic rings. The van der Waals surface area contributed by atoms with E-state index in [1.165, 1.54) is 37.0 Å². The first-order chi connectivity index (χ1) is 11.2. The fraction of sp³-hybridized carbons (Fsp3) is 0.588. The zero-order valence-corrected chi connectivity index (χ0v) is 15.6. The Morgan fingerprint density at radius 3 is 2.29 bits per heavy atom. The van der Waals surface area contributed by atoms with Crippen LogP contribution in [0.1, 0.15) is 32.6 Å². The molecule has 1 saturated carbocycles. The summed E-state index contributed by atoms with van der Waals surface area (Å²) in [5.74, 6) is 0.648. The second-order valence-corrected chi connectivity index (χ2v) is 8.93. The van der Waals surface area contributed by atoms with E-state index in [-0.39, 0.29) is 17.0 Å². The first-order valence-electron chi connectivity index (χ1n) is 8.28. The molecule has 0 heterocycles. The first kappa shape index (κ1) is 18.7. The van der Waals surface area contributed by atoms with Gasteiger partial charge in [0.05, 0.1) is 4.90 Å². The molecular weight excluding hydrogens is 326 g/mol. The lowest BCUT2D eigenvalue weighted by Crippen LogP contribution is -2.42. The molecule has 1 fully saturated rings. The third-order valence-corrected chi connectivity index (χ3v) is 6.49. The number of urea groups is 1. The predicted molar refractivity (Wildman–Crippen MR) is 95.5 cm³/mol. The van der Waals surface area contributed by atoms with Gasteiger partial charge in [0, 0.05) is 32.9 Å². The van der Waals surface area contributed by atoms with Gasteiger partial charge in [-0.3, -0.25) is 0 Å². The van der Waals surface area contributed by atoms with Crippen LogP contribution in [0.15, 0.2) is 29.2 Å². The summed E-state index contributed by atoms with van der Waals surface area (Å²) in [4.78, 5) is 14.4. The fourth-order valence-electron chi connectivity index (χ4n) is 3.05. The normalized spacial score (nSPS) is 21.5. The number of benzene rings is 1. The molecule has 0 bridgehead atoms. The molecule has 1 aromatic carbocycles. The SMILES string of the molecule is CC1CCCC(N(C)C(=O)Nc2ccc(S(=O)(=O)N(C)C)cc2)C1. The number of nitrogens with one attached hydrogen (secondary N) is 1. The van der Waals surface area contributed by atoms with Crippen molar-refractivity contribution in [3.8, 4) is 0 Å². The highest BCUT2D eigenvalue weighted by Gasteiger charge is 2.25. The average molecular weight is 353 g/mol. The maximum Gasteiger partial charge on any atom is 0.321 e. The summed E-state index contributed by atoms with van der Waals surface area (Å²) in [6.07, 6.45) is 4.45. The van der Waals surface area contributed by atoms with Gasteiger partial charge < -0.3 is 10.2 Å². The Hall–Kier alpha value is -1.60. The van der Waals surface area contributed by atoms with Crippen LogP contribution in [-0.2, 0) is 10.0 Å². The Balaban J connectivity index is 2.01. The molecule has 2 atom stereocenters. The van der Waals surface area contributed by atoms with Crippen molar-refractivity contribution >= 4 is 21.7 Å². The Bertz CT molecular complexity index is 671. The molecule has 6 nitrogen and oxygen atoms in total. The summed E-state index contributed by atoms with van der Waals surface area (Å²) in [6, 6.07) is 6.36. The molecule has 0 saturated heterocycles. The molecule has 0 aromatic heterocycles. The molecule has 1 aliphatic carbocycles. The first-order valence-corrected chi connectivity index (χ1v) is 9.72. The molecule has 0 spiro atoms. The van der Waals surface area contributed by atoms with Gasteiger partial charge in [-0.25, -0.2) is 17.5 Å². The molecule has 2 unspecified atom stereocenters. The summed E-state index contributed by atoms with van der Waals surface area (Å²) in [5.41, 5.74) is 0.591. The van der Waals surface area contributed by atoms with Gasteiger partial charge in [0.25, 0.3) is 0 Å². The third-order valence-electron chi connectivity index (χ3n) is 4.66. The molecule has 0 aliphatic heterocycles. The topological polar surface area (TPSA) is 69.7 Å². The highest BCUT2D eigenvalue weighted by atomic mass is 32.2. The van der Waals surface area contributed by atoms with E-state index in [1.807, 2.05) is 7.05 Å². The third kappa shape index (κ3) is 4.27. The molecular formula is C17H27N3O3S. The molecule has 2 amide bonds. The standard InChI is InChI=1S/C17H27N3O3S/c1-13-6-5-7-15(12-13)20(4)17(21)18-14-8-10-16(11-9-14)24(22,23)19(2)3/h8-11,13,15H,5-7,12H2,1-4H3,(H,18,21). The molecule has 0 radical (unpaired) electrons. The molecule has 1 N–H and O–H groups in total. The fourth-order valence-corrected chi connectivity index (χ4v) is 3.95. The lowest BCUT2D eigenvalue weighted by molar-refractivity contribution is 0.171. The minimum absolute atomic E-state index is 0.155. The van der Waals surface area contributed by atoms with E-state index in [2.05, 4.69) is 12.2 Å². The van der Waals surface area contributed by atoms with Gasteiger partial charge in [-0.15, -0.1) is 0 Å². The number of rotatable bonds is 4. The summed E-state index contributed by atoms with van der Waals surface area (Å²) in [5, 5.41) is 2.84. The van der Waals surface area contributed by atoms with Crippen molar-refractivity contribution < 1.29 is 13.2 Å². The summed E-state index contributed by atoms with van der Waals surface area (Å²) in [6.45, 7) is 2.22. The summed E-state index contributed by atoms with van der Waals surface area (Å²) < 4.78 is 25.2. The number of hydrogen-bond donors (Lipinski definition) is 1. The zero-order valence-electron chi connectivity index (χ0n) is 14.8. The van der Waals surface area contributed by atoms with Gasteiger partial charge >= 0.3 is 6.03 Å². The number of carbonyl (C=O) groups is 1. The minimum atomic E-state index is -3.45. The summed E-state index contributed by atoms with van der Waals surface area (Å²) >= 11 is 0. The quantitative estimate of drug-likeness (QED) is 0.905. The number of hydrogen-bond acceptors (Lipinski definition) is 3. The van der Waals surface area contributed by atoms with Crippen molar-refractivity contribution in [2.24, 2.45) is 5.92 Å². The molecule has 2 rings (SSSR count). The lowest BCUT2D eigenvalue weighted by atomic mass is 9.86. The van der Waals surface area contributed by atoms with Crippen molar-refractivity contribution in [2.75, 3.05) is 26.5 Å². The Morgan fingerprint density at radius 1 is 1.12 bits per heavy atom. The minimum Gasteiger partial charge on any atom is -0.325 e. The van der Waals surface area contributed by atoms with Gasteiger partial charge in [0.15, 0.2) is 0 Å². The van der Waals surface area contributed by atoms with Crippen LogP contribution in [-0.4, -0.2) is 50.8 Å². The second-order valence-electron chi connectivity index (χ2n) is 6.78. The van der Waals surface area contributed by atoms with E-state index in [0.717, 1.165) is 19.3 Å². The molecule has 134 valence electrons. The van der Waals surface area contributed by atoms with E-state index in [4.69, 9.17) is 0 Å². The molecule has 7 heteroatoms. The summed E-state index contributed by atoms with van der Waals surface area (Å²) in [7, 11) is 1.35. The van der Waals surface area contributed by atoms with Crippen molar-refractivity contribution in [1.82, 2.24) is 9.21 Å². The van der Waals surface area contributed by atoms with Gasteiger partial charge in [-0.2, -0.15) is 0 Å². The Labute approximate surface area is 144 Å². The molecule has 24 heavy (non-hydrogen) atoms. The highest BCUT2D eigenvalue weighted by molar-refractivity contribution is 7.89. The highest BCUT2D eigenvalue weighted by Crippen LogP contribution is 2.27. The maximum absolute atomic E-state index is 12.4. The largest absolute Gasteiger partial charge is 0.325 e. The van der Waals surface area contributed by atoms with Crippen LogP contribution >= 0.6 is 0 Å². The van der Waals surface area contributed by atoms with E-state index in [0.29, 0.717) is 11.6 Å². The monoisotopic (exact) mass is 353 g/mol. The number of anilines is 1. The van der Waals surface area contributed by atoms with Crippen LogP contribution < -0.4 is 5.32 Å². The maximum atomic E-state index is 12.4. The van der Waals surface area contributed by atoms with Crippen molar-refractivity contribution in [3.05, 3.63) is 24.3 Å². The number of nitrogens with zero attached hydrogens (tertiary/aromatic N) is 2.